The molecule has 1 aliphatic carbocycles. The average molecular weight is 532 g/mol. The minimum atomic E-state index is -5.57. The van der Waals surface area contributed by atoms with Gasteiger partial charge in [0.1, 0.15) is 12.1 Å². The first-order valence-electron chi connectivity index (χ1n) is 11.2. The highest BCUT2D eigenvalue weighted by molar-refractivity contribution is 7.92. The summed E-state index contributed by atoms with van der Waals surface area (Å²) >= 11 is 0. The molecule has 0 radical (unpaired) electrons. The summed E-state index contributed by atoms with van der Waals surface area (Å²) in [4.78, 5) is 32.4. The number of anilines is 2. The molecule has 2 fully saturated rings. The molecule has 0 N–H and O–H groups in total. The number of hydrogen-bond acceptors (Lipinski definition) is 6. The molecule has 2 atom stereocenters. The fraction of sp³-hybridized carbons (Fsp3) is 0.240. The number of carbonyl (C=O) groups excluding carboxylic acids is 2. The molecule has 2 aromatic carbocycles. The van der Waals surface area contributed by atoms with Crippen molar-refractivity contribution in [2.45, 2.75) is 35.9 Å². The fourth-order valence-electron chi connectivity index (χ4n) is 4.49. The highest BCUT2D eigenvalue weighted by Gasteiger charge is 2.70. The minimum Gasteiger partial charge on any atom is -0.473 e. The van der Waals surface area contributed by atoms with E-state index in [4.69, 9.17) is 4.74 Å². The molecular weight excluding hydrogens is 511 g/mol. The number of sulfone groups is 1. The van der Waals surface area contributed by atoms with Crippen LogP contribution in [0.15, 0.2) is 77.8 Å². The smallest absolute Gasteiger partial charge is 0.473 e. The van der Waals surface area contributed by atoms with Crippen molar-refractivity contribution in [1.82, 2.24) is 4.98 Å². The van der Waals surface area contributed by atoms with Gasteiger partial charge in [0.05, 0.1) is 16.3 Å². The SMILES string of the molecule is CC1CC12C(=O)N(c1ccc(S(=O)(=O)C(F)(F)F)cc1)C(=O)N2c1ccnc(OCc2ccccc2)c1. The molecule has 2 unspecified atom stereocenters. The first kappa shape index (κ1) is 24.8. The van der Waals surface area contributed by atoms with E-state index in [1.807, 2.05) is 37.3 Å². The molecule has 192 valence electrons. The Labute approximate surface area is 210 Å². The summed E-state index contributed by atoms with van der Waals surface area (Å²) in [5.41, 5.74) is -5.38. The van der Waals surface area contributed by atoms with E-state index in [1.54, 1.807) is 12.1 Å². The van der Waals surface area contributed by atoms with E-state index in [1.165, 1.54) is 11.1 Å². The van der Waals surface area contributed by atoms with Crippen LogP contribution in [0.2, 0.25) is 0 Å². The van der Waals surface area contributed by atoms with Crippen LogP contribution >= 0.6 is 0 Å². The molecule has 12 heteroatoms. The number of carbonyl (C=O) groups is 2. The number of amides is 3. The zero-order valence-electron chi connectivity index (χ0n) is 19.3. The Hall–Kier alpha value is -3.93. The summed E-state index contributed by atoms with van der Waals surface area (Å²) in [6.07, 6.45) is 1.84. The van der Waals surface area contributed by atoms with E-state index >= 15 is 0 Å². The Kier molecular flexibility index (Phi) is 5.74. The minimum absolute atomic E-state index is 0.0355. The highest BCUT2D eigenvalue weighted by atomic mass is 32.2. The Morgan fingerprint density at radius 2 is 1.68 bits per heavy atom. The molecular formula is C25H20F3N3O5S. The van der Waals surface area contributed by atoms with Crippen LogP contribution in [0, 0.1) is 5.92 Å². The van der Waals surface area contributed by atoms with Gasteiger partial charge in [0.25, 0.3) is 15.7 Å². The lowest BCUT2D eigenvalue weighted by Gasteiger charge is -2.22. The molecule has 1 aromatic heterocycles. The van der Waals surface area contributed by atoms with Crippen LogP contribution in [-0.4, -0.2) is 36.4 Å². The quantitative estimate of drug-likeness (QED) is 0.428. The van der Waals surface area contributed by atoms with E-state index in [9.17, 15) is 31.2 Å². The van der Waals surface area contributed by atoms with Crippen LogP contribution in [0.5, 0.6) is 5.88 Å². The summed E-state index contributed by atoms with van der Waals surface area (Å²) in [6.45, 7) is 2.06. The van der Waals surface area contributed by atoms with Gasteiger partial charge in [-0.2, -0.15) is 13.2 Å². The number of halogens is 3. The summed E-state index contributed by atoms with van der Waals surface area (Å²) in [5, 5.41) is 0. The molecule has 5 rings (SSSR count). The van der Waals surface area contributed by atoms with Gasteiger partial charge in [-0.15, -0.1) is 0 Å². The third-order valence-corrected chi connectivity index (χ3v) is 8.05. The van der Waals surface area contributed by atoms with Crippen molar-refractivity contribution in [3.05, 3.63) is 78.5 Å². The number of aromatic nitrogens is 1. The molecule has 2 heterocycles. The van der Waals surface area contributed by atoms with Gasteiger partial charge in [0.15, 0.2) is 0 Å². The third-order valence-electron chi connectivity index (χ3n) is 6.54. The van der Waals surface area contributed by atoms with Crippen LogP contribution in [0.1, 0.15) is 18.9 Å². The molecule has 1 saturated carbocycles. The monoisotopic (exact) mass is 531 g/mol. The topological polar surface area (TPSA) is 96.9 Å². The first-order valence-corrected chi connectivity index (χ1v) is 12.7. The second kappa shape index (κ2) is 8.58. The van der Waals surface area contributed by atoms with Gasteiger partial charge in [-0.3, -0.25) is 9.69 Å². The van der Waals surface area contributed by atoms with Crippen LogP contribution in [0.3, 0.4) is 0 Å². The molecule has 1 aliphatic heterocycles. The van der Waals surface area contributed by atoms with Crippen molar-refractivity contribution in [3.63, 3.8) is 0 Å². The van der Waals surface area contributed by atoms with Gasteiger partial charge in [0.2, 0.25) is 5.88 Å². The van der Waals surface area contributed by atoms with Crippen molar-refractivity contribution in [2.24, 2.45) is 5.92 Å². The van der Waals surface area contributed by atoms with E-state index in [0.717, 1.165) is 34.7 Å². The number of pyridine rings is 1. The molecule has 8 nitrogen and oxygen atoms in total. The number of hydrogen-bond donors (Lipinski definition) is 0. The Bertz CT molecular complexity index is 1480. The summed E-state index contributed by atoms with van der Waals surface area (Å²) < 4.78 is 67.8. The van der Waals surface area contributed by atoms with Crippen molar-refractivity contribution in [2.75, 3.05) is 9.80 Å². The molecule has 3 aromatic rings. The largest absolute Gasteiger partial charge is 0.501 e. The normalized spacial score (nSPS) is 21.6. The van der Waals surface area contributed by atoms with Crippen LogP contribution < -0.4 is 14.5 Å². The zero-order chi connectivity index (χ0) is 26.6. The van der Waals surface area contributed by atoms with E-state index in [0.29, 0.717) is 12.1 Å². The van der Waals surface area contributed by atoms with Gasteiger partial charge >= 0.3 is 11.5 Å². The zero-order valence-corrected chi connectivity index (χ0v) is 20.2. The van der Waals surface area contributed by atoms with Crippen LogP contribution in [0.4, 0.5) is 29.3 Å². The molecule has 2 aliphatic rings. The molecule has 1 spiro atoms. The number of urea groups is 1. The van der Waals surface area contributed by atoms with Crippen molar-refractivity contribution in [3.8, 4) is 5.88 Å². The number of ether oxygens (including phenoxy) is 1. The maximum absolute atomic E-state index is 13.5. The fourth-order valence-corrected chi connectivity index (χ4v) is 5.25. The van der Waals surface area contributed by atoms with Gasteiger partial charge in [-0.05, 0) is 48.2 Å². The molecule has 37 heavy (non-hydrogen) atoms. The van der Waals surface area contributed by atoms with E-state index < -0.39 is 37.7 Å². The van der Waals surface area contributed by atoms with Gasteiger partial charge in [-0.1, -0.05) is 37.3 Å². The van der Waals surface area contributed by atoms with Crippen LogP contribution in [-0.2, 0) is 21.2 Å². The average Bonchev–Trinajstić information content (AvgIpc) is 3.48. The Morgan fingerprint density at radius 1 is 1.03 bits per heavy atom. The number of alkyl halides is 3. The summed E-state index contributed by atoms with van der Waals surface area (Å²) in [7, 11) is -5.57. The number of rotatable bonds is 6. The first-order chi connectivity index (χ1) is 17.5. The van der Waals surface area contributed by atoms with E-state index in [-0.39, 0.29) is 24.1 Å². The van der Waals surface area contributed by atoms with Crippen LogP contribution in [0.25, 0.3) is 0 Å². The van der Waals surface area contributed by atoms with Crippen molar-refractivity contribution in [1.29, 1.82) is 0 Å². The van der Waals surface area contributed by atoms with Gasteiger partial charge in [-0.25, -0.2) is 23.1 Å². The Balaban J connectivity index is 1.44. The Morgan fingerprint density at radius 3 is 2.27 bits per heavy atom. The lowest BCUT2D eigenvalue weighted by molar-refractivity contribution is -0.119. The van der Waals surface area contributed by atoms with Gasteiger partial charge in [0, 0.05) is 12.3 Å². The molecule has 3 amide bonds. The second-order valence-electron chi connectivity index (χ2n) is 8.86. The standard InChI is InChI=1S/C25H20F3N3O5S/c1-16-14-24(16)22(32)30(18-7-9-20(10-8-18)37(34,35)25(26,27)28)23(33)31(24)19-11-12-29-21(13-19)36-15-17-5-3-2-4-6-17/h2-13,16H,14-15H2,1H3. The van der Waals surface area contributed by atoms with Gasteiger partial charge < -0.3 is 4.74 Å². The number of nitrogens with zero attached hydrogens (tertiary/aromatic N) is 3. The predicted octanol–water partition coefficient (Wildman–Crippen LogP) is 4.71. The summed E-state index contributed by atoms with van der Waals surface area (Å²) in [5.74, 6) is -0.481. The molecule has 0 bridgehead atoms. The number of imide groups is 1. The predicted molar refractivity (Wildman–Crippen MR) is 127 cm³/mol. The maximum Gasteiger partial charge on any atom is 0.501 e. The number of benzene rings is 2. The van der Waals surface area contributed by atoms with Crippen molar-refractivity contribution < 1.29 is 35.9 Å². The van der Waals surface area contributed by atoms with E-state index in [2.05, 4.69) is 4.98 Å². The third kappa shape index (κ3) is 4.01. The lowest BCUT2D eigenvalue weighted by atomic mass is 10.1. The summed E-state index contributed by atoms with van der Waals surface area (Å²) in [6, 6.07) is 15.3. The highest BCUT2D eigenvalue weighted by Crippen LogP contribution is 2.55. The van der Waals surface area contributed by atoms with Crippen molar-refractivity contribution >= 4 is 33.2 Å². The maximum atomic E-state index is 13.5. The molecule has 1 saturated heterocycles. The lowest BCUT2D eigenvalue weighted by Crippen LogP contribution is -2.38. The second-order valence-corrected chi connectivity index (χ2v) is 10.8.